The topological polar surface area (TPSA) is 79.2 Å². The van der Waals surface area contributed by atoms with Crippen molar-refractivity contribution in [1.82, 2.24) is 0 Å². The lowest BCUT2D eigenvalue weighted by Crippen LogP contribution is -1.92. The van der Waals surface area contributed by atoms with Gasteiger partial charge in [-0.1, -0.05) is 6.08 Å². The van der Waals surface area contributed by atoms with Crippen LogP contribution in [-0.4, -0.2) is 21.9 Å². The fourth-order valence-corrected chi connectivity index (χ4v) is 0.960. The van der Waals surface area contributed by atoms with Crippen LogP contribution in [0, 0.1) is 0 Å². The highest BCUT2D eigenvalue weighted by Gasteiger charge is 2.04. The zero-order valence-corrected chi connectivity index (χ0v) is 9.56. The molecule has 0 radical (unpaired) electrons. The Balaban J connectivity index is 2.89. The minimum atomic E-state index is -0.656. The summed E-state index contributed by atoms with van der Waals surface area (Å²) in [7, 11) is 0. The van der Waals surface area contributed by atoms with Gasteiger partial charge in [-0.15, -0.1) is 0 Å². The molecule has 0 bridgehead atoms. The average molecular weight is 250 g/mol. The van der Waals surface area contributed by atoms with Gasteiger partial charge in [0.05, 0.1) is 18.8 Å². The SMILES string of the molecule is OC1=C/C=C/OC/C=C/C=C/O/C=C/C(O)=C1O. The predicted octanol–water partition coefficient (Wildman–Crippen LogP) is 2.90. The second kappa shape index (κ2) is 7.67. The van der Waals surface area contributed by atoms with Crippen LogP contribution in [0.25, 0.3) is 0 Å². The molecule has 3 N–H and O–H groups in total. The first kappa shape index (κ1) is 13.5. The van der Waals surface area contributed by atoms with Crippen LogP contribution in [0.5, 0.6) is 0 Å². The Morgan fingerprint density at radius 3 is 2.61 bits per heavy atom. The van der Waals surface area contributed by atoms with E-state index < -0.39 is 17.3 Å². The van der Waals surface area contributed by atoms with Crippen molar-refractivity contribution < 1.29 is 24.8 Å². The molecule has 1 heterocycles. The van der Waals surface area contributed by atoms with E-state index in [1.165, 1.54) is 24.7 Å². The van der Waals surface area contributed by atoms with E-state index in [0.717, 1.165) is 12.3 Å². The Bertz CT molecular complexity index is 438. The van der Waals surface area contributed by atoms with Gasteiger partial charge in [-0.25, -0.2) is 0 Å². The molecule has 0 amide bonds. The van der Waals surface area contributed by atoms with Crippen LogP contribution in [0.2, 0.25) is 0 Å². The summed E-state index contributed by atoms with van der Waals surface area (Å²) < 4.78 is 9.94. The van der Waals surface area contributed by atoms with Gasteiger partial charge in [0.25, 0.3) is 0 Å². The highest BCUT2D eigenvalue weighted by atomic mass is 16.5. The fraction of sp³-hybridized carbons (Fsp3) is 0.0769. The molecule has 18 heavy (non-hydrogen) atoms. The normalized spacial score (nSPS) is 24.6. The standard InChI is InChI=1S/C13H14O5/c14-11-5-4-9-17-7-2-1-3-8-18-10-6-12(15)13(11)16/h1-6,8-10,14-16H,7H2/b2-1+,8-3+,9-4+,10-6+,11-5?,13-12?. The van der Waals surface area contributed by atoms with E-state index in [1.54, 1.807) is 18.2 Å². The summed E-state index contributed by atoms with van der Waals surface area (Å²) in [5.74, 6) is -1.66. The third kappa shape index (κ3) is 4.98. The Morgan fingerprint density at radius 2 is 1.78 bits per heavy atom. The van der Waals surface area contributed by atoms with Gasteiger partial charge in [0.2, 0.25) is 0 Å². The molecule has 0 unspecified atom stereocenters. The highest BCUT2D eigenvalue weighted by molar-refractivity contribution is 5.28. The predicted molar refractivity (Wildman–Crippen MR) is 66.6 cm³/mol. The lowest BCUT2D eigenvalue weighted by Gasteiger charge is -1.99. The van der Waals surface area contributed by atoms with Crippen molar-refractivity contribution in [3.8, 4) is 0 Å². The van der Waals surface area contributed by atoms with Crippen molar-refractivity contribution in [3.63, 3.8) is 0 Å². The quantitative estimate of drug-likeness (QED) is 0.616. The summed E-state index contributed by atoms with van der Waals surface area (Å²) >= 11 is 0. The van der Waals surface area contributed by atoms with Crippen molar-refractivity contribution >= 4 is 0 Å². The van der Waals surface area contributed by atoms with E-state index in [2.05, 4.69) is 0 Å². The van der Waals surface area contributed by atoms with E-state index in [1.807, 2.05) is 0 Å². The minimum absolute atomic E-state index is 0.359. The second-order valence-electron chi connectivity index (χ2n) is 3.14. The van der Waals surface area contributed by atoms with E-state index >= 15 is 0 Å². The van der Waals surface area contributed by atoms with Crippen molar-refractivity contribution in [2.45, 2.75) is 0 Å². The van der Waals surface area contributed by atoms with Crippen LogP contribution in [0.15, 0.2) is 72.5 Å². The number of aliphatic hydroxyl groups is 3. The van der Waals surface area contributed by atoms with Crippen LogP contribution in [-0.2, 0) is 9.47 Å². The van der Waals surface area contributed by atoms with Crippen molar-refractivity contribution in [3.05, 3.63) is 72.5 Å². The van der Waals surface area contributed by atoms with Gasteiger partial charge in [-0.05, 0) is 24.3 Å². The van der Waals surface area contributed by atoms with Crippen molar-refractivity contribution in [1.29, 1.82) is 0 Å². The molecule has 0 atom stereocenters. The van der Waals surface area contributed by atoms with Gasteiger partial charge < -0.3 is 24.8 Å². The van der Waals surface area contributed by atoms with Gasteiger partial charge in [-0.2, -0.15) is 0 Å². The third-order valence-electron chi connectivity index (χ3n) is 1.82. The van der Waals surface area contributed by atoms with E-state index in [0.29, 0.717) is 6.61 Å². The molecule has 0 saturated carbocycles. The number of rotatable bonds is 0. The van der Waals surface area contributed by atoms with Crippen LogP contribution in [0.3, 0.4) is 0 Å². The number of hydrogen-bond donors (Lipinski definition) is 3. The largest absolute Gasteiger partial charge is 0.504 e. The van der Waals surface area contributed by atoms with Crippen molar-refractivity contribution in [2.75, 3.05) is 6.61 Å². The molecule has 0 aliphatic carbocycles. The van der Waals surface area contributed by atoms with Crippen LogP contribution < -0.4 is 0 Å². The molecule has 0 fully saturated rings. The lowest BCUT2D eigenvalue weighted by atomic mass is 10.3. The van der Waals surface area contributed by atoms with E-state index in [9.17, 15) is 15.3 Å². The summed E-state index contributed by atoms with van der Waals surface area (Å²) in [5, 5.41) is 28.2. The molecule has 5 nitrogen and oxygen atoms in total. The Labute approximate surface area is 105 Å². The lowest BCUT2D eigenvalue weighted by molar-refractivity contribution is 0.286. The monoisotopic (exact) mass is 250 g/mol. The maximum atomic E-state index is 9.41. The zero-order valence-electron chi connectivity index (χ0n) is 9.56. The van der Waals surface area contributed by atoms with E-state index in [4.69, 9.17) is 9.47 Å². The molecule has 0 saturated heterocycles. The molecule has 96 valence electrons. The van der Waals surface area contributed by atoms with Gasteiger partial charge >= 0.3 is 0 Å². The Morgan fingerprint density at radius 1 is 0.944 bits per heavy atom. The van der Waals surface area contributed by atoms with Gasteiger partial charge in [-0.3, -0.25) is 0 Å². The molecule has 5 heteroatoms. The van der Waals surface area contributed by atoms with Crippen LogP contribution >= 0.6 is 0 Å². The molecule has 0 aromatic rings. The third-order valence-corrected chi connectivity index (χ3v) is 1.82. The van der Waals surface area contributed by atoms with Crippen molar-refractivity contribution in [2.24, 2.45) is 0 Å². The second-order valence-corrected chi connectivity index (χ2v) is 3.14. The molecule has 1 aliphatic heterocycles. The number of ether oxygens (including phenoxy) is 2. The minimum Gasteiger partial charge on any atom is -0.504 e. The number of aliphatic hydroxyl groups excluding tert-OH is 3. The Kier molecular flexibility index (Phi) is 5.76. The average Bonchev–Trinajstić information content (AvgIpc) is 2.38. The molecule has 0 spiro atoms. The fourth-order valence-electron chi connectivity index (χ4n) is 0.960. The molecule has 1 aliphatic rings. The molecular weight excluding hydrogens is 236 g/mol. The van der Waals surface area contributed by atoms with Gasteiger partial charge in [0, 0.05) is 6.08 Å². The smallest absolute Gasteiger partial charge is 0.200 e. The van der Waals surface area contributed by atoms with Crippen LogP contribution in [0.1, 0.15) is 0 Å². The summed E-state index contributed by atoms with van der Waals surface area (Å²) in [6.45, 7) is 0.359. The number of allylic oxidation sites excluding steroid dienone is 5. The molecule has 0 aromatic heterocycles. The summed E-state index contributed by atoms with van der Waals surface area (Å²) in [6.07, 6.45) is 12.7. The molecule has 0 aromatic carbocycles. The van der Waals surface area contributed by atoms with Gasteiger partial charge in [0.15, 0.2) is 17.3 Å². The maximum Gasteiger partial charge on any atom is 0.200 e. The summed E-state index contributed by atoms with van der Waals surface area (Å²) in [5.41, 5.74) is 0. The molecular formula is C13H14O5. The first-order chi connectivity index (χ1) is 8.72. The molecule has 1 rings (SSSR count). The Hall–Kier alpha value is -2.56. The van der Waals surface area contributed by atoms with Crippen LogP contribution in [0.4, 0.5) is 0 Å². The summed E-state index contributed by atoms with van der Waals surface area (Å²) in [4.78, 5) is 0. The zero-order chi connectivity index (χ0) is 13.2. The number of hydrogen-bond acceptors (Lipinski definition) is 5. The van der Waals surface area contributed by atoms with E-state index in [-0.39, 0.29) is 0 Å². The first-order valence-electron chi connectivity index (χ1n) is 5.15. The highest BCUT2D eigenvalue weighted by Crippen LogP contribution is 2.09. The summed E-state index contributed by atoms with van der Waals surface area (Å²) in [6, 6.07) is 0. The maximum absolute atomic E-state index is 9.41. The van der Waals surface area contributed by atoms with Gasteiger partial charge in [0.1, 0.15) is 6.61 Å². The first-order valence-corrected chi connectivity index (χ1v) is 5.15.